The number of hydrogen-bond donors (Lipinski definition) is 4. The summed E-state index contributed by atoms with van der Waals surface area (Å²) in [5.74, 6) is -1.51. The molecule has 1 rings (SSSR count). The first-order chi connectivity index (χ1) is 7.65. The maximum Gasteiger partial charge on any atom is 0.326 e. The first-order valence-electron chi connectivity index (χ1n) is 5.50. The summed E-state index contributed by atoms with van der Waals surface area (Å²) in [5, 5.41) is 23.0. The molecule has 0 aromatic carbocycles. The number of aliphatic hydroxyl groups excluding tert-OH is 1. The third kappa shape index (κ3) is 3.79. The van der Waals surface area contributed by atoms with Crippen molar-refractivity contribution in [1.82, 2.24) is 10.6 Å². The van der Waals surface area contributed by atoms with Crippen molar-refractivity contribution in [3.8, 4) is 0 Å². The fourth-order valence-corrected chi connectivity index (χ4v) is 1.75. The quantitative estimate of drug-likeness (QED) is 0.482. The van der Waals surface area contributed by atoms with Crippen LogP contribution in [0.4, 0.5) is 0 Å². The molecule has 6 heteroatoms. The van der Waals surface area contributed by atoms with E-state index in [1.807, 2.05) is 0 Å². The molecule has 1 saturated heterocycles. The van der Waals surface area contributed by atoms with Gasteiger partial charge in [0.25, 0.3) is 0 Å². The van der Waals surface area contributed by atoms with Gasteiger partial charge in [0, 0.05) is 19.6 Å². The first-order valence-corrected chi connectivity index (χ1v) is 5.50. The zero-order valence-electron chi connectivity index (χ0n) is 9.11. The minimum Gasteiger partial charge on any atom is -0.480 e. The molecule has 2 atom stereocenters. The highest BCUT2D eigenvalue weighted by atomic mass is 16.4. The molecule has 0 radical (unpaired) electrons. The molecule has 0 saturated carbocycles. The smallest absolute Gasteiger partial charge is 0.326 e. The number of carboxylic acid groups (broad SMARTS) is 1. The van der Waals surface area contributed by atoms with Gasteiger partial charge in [-0.2, -0.15) is 0 Å². The number of carboxylic acids is 1. The number of piperidine rings is 1. The molecule has 1 aliphatic heterocycles. The van der Waals surface area contributed by atoms with Gasteiger partial charge in [0.2, 0.25) is 5.91 Å². The Morgan fingerprint density at radius 1 is 1.50 bits per heavy atom. The van der Waals surface area contributed by atoms with Gasteiger partial charge in [0.1, 0.15) is 6.04 Å². The Balaban J connectivity index is 2.43. The van der Waals surface area contributed by atoms with Crippen LogP contribution in [0.25, 0.3) is 0 Å². The zero-order chi connectivity index (χ0) is 12.0. The zero-order valence-corrected chi connectivity index (χ0v) is 9.11. The van der Waals surface area contributed by atoms with E-state index in [4.69, 9.17) is 10.2 Å². The van der Waals surface area contributed by atoms with Crippen molar-refractivity contribution >= 4 is 11.9 Å². The third-order valence-electron chi connectivity index (χ3n) is 2.70. The maximum absolute atomic E-state index is 11.7. The second kappa shape index (κ2) is 6.44. The molecule has 0 aliphatic carbocycles. The van der Waals surface area contributed by atoms with Crippen LogP contribution in [-0.2, 0) is 9.59 Å². The van der Waals surface area contributed by atoms with E-state index in [1.54, 1.807) is 0 Å². The van der Waals surface area contributed by atoms with Crippen molar-refractivity contribution in [3.05, 3.63) is 0 Å². The third-order valence-corrected chi connectivity index (χ3v) is 2.70. The summed E-state index contributed by atoms with van der Waals surface area (Å²) in [7, 11) is 0. The molecular formula is C10H18N2O4. The van der Waals surface area contributed by atoms with Crippen molar-refractivity contribution in [1.29, 1.82) is 0 Å². The molecule has 1 heterocycles. The molecule has 1 aliphatic rings. The lowest BCUT2D eigenvalue weighted by Gasteiger charge is -2.23. The van der Waals surface area contributed by atoms with E-state index >= 15 is 0 Å². The fourth-order valence-electron chi connectivity index (χ4n) is 1.75. The molecule has 2 unspecified atom stereocenters. The Morgan fingerprint density at radius 2 is 2.25 bits per heavy atom. The van der Waals surface area contributed by atoms with E-state index in [0.29, 0.717) is 6.54 Å². The van der Waals surface area contributed by atoms with Crippen LogP contribution in [-0.4, -0.2) is 47.8 Å². The number of nitrogens with one attached hydrogen (secondary N) is 2. The highest BCUT2D eigenvalue weighted by Crippen LogP contribution is 2.10. The van der Waals surface area contributed by atoms with Gasteiger partial charge < -0.3 is 20.8 Å². The summed E-state index contributed by atoms with van der Waals surface area (Å²) >= 11 is 0. The maximum atomic E-state index is 11.7. The van der Waals surface area contributed by atoms with Crippen molar-refractivity contribution in [2.75, 3.05) is 19.7 Å². The van der Waals surface area contributed by atoms with E-state index in [0.717, 1.165) is 19.4 Å². The second-order valence-corrected chi connectivity index (χ2v) is 3.95. The summed E-state index contributed by atoms with van der Waals surface area (Å²) in [6, 6.07) is -0.987. The van der Waals surface area contributed by atoms with E-state index in [1.165, 1.54) is 0 Å². The molecule has 4 N–H and O–H groups in total. The SMILES string of the molecule is O=C(NC(CCO)C(=O)O)C1CCCNC1. The Kier molecular flexibility index (Phi) is 5.21. The summed E-state index contributed by atoms with van der Waals surface area (Å²) in [4.78, 5) is 22.5. The summed E-state index contributed by atoms with van der Waals surface area (Å²) in [6.45, 7) is 1.25. The lowest BCUT2D eigenvalue weighted by atomic mass is 9.98. The number of hydrogen-bond acceptors (Lipinski definition) is 4. The summed E-state index contributed by atoms with van der Waals surface area (Å²) < 4.78 is 0. The van der Waals surface area contributed by atoms with Gasteiger partial charge in [0.15, 0.2) is 0 Å². The lowest BCUT2D eigenvalue weighted by Crippen LogP contribution is -2.47. The van der Waals surface area contributed by atoms with Crippen LogP contribution in [0, 0.1) is 5.92 Å². The molecule has 1 amide bonds. The van der Waals surface area contributed by atoms with Crippen LogP contribution in [0.2, 0.25) is 0 Å². The average molecular weight is 230 g/mol. The lowest BCUT2D eigenvalue weighted by molar-refractivity contribution is -0.143. The highest BCUT2D eigenvalue weighted by Gasteiger charge is 2.25. The molecule has 1 fully saturated rings. The van der Waals surface area contributed by atoms with Gasteiger partial charge >= 0.3 is 5.97 Å². The number of rotatable bonds is 5. The van der Waals surface area contributed by atoms with E-state index in [2.05, 4.69) is 10.6 Å². The summed E-state index contributed by atoms with van der Waals surface area (Å²) in [6.07, 6.45) is 1.75. The normalized spacial score (nSPS) is 22.4. The van der Waals surface area contributed by atoms with Gasteiger partial charge in [-0.1, -0.05) is 0 Å². The monoisotopic (exact) mass is 230 g/mol. The van der Waals surface area contributed by atoms with Gasteiger partial charge in [-0.3, -0.25) is 4.79 Å². The molecule has 16 heavy (non-hydrogen) atoms. The minimum atomic E-state index is -1.11. The van der Waals surface area contributed by atoms with Gasteiger partial charge in [-0.25, -0.2) is 4.79 Å². The van der Waals surface area contributed by atoms with Gasteiger partial charge in [0.05, 0.1) is 5.92 Å². The topological polar surface area (TPSA) is 98.7 Å². The molecule has 92 valence electrons. The van der Waals surface area contributed by atoms with Crippen LogP contribution < -0.4 is 10.6 Å². The van der Waals surface area contributed by atoms with Crippen molar-refractivity contribution in [3.63, 3.8) is 0 Å². The van der Waals surface area contributed by atoms with Crippen LogP contribution in [0.1, 0.15) is 19.3 Å². The number of carbonyl (C=O) groups is 2. The molecule has 0 aromatic heterocycles. The Labute approximate surface area is 94.0 Å². The van der Waals surface area contributed by atoms with Crippen LogP contribution in [0.5, 0.6) is 0 Å². The standard InChI is InChI=1S/C10H18N2O4/c13-5-3-8(10(15)16)12-9(14)7-2-1-4-11-6-7/h7-8,11,13H,1-6H2,(H,12,14)(H,15,16). The highest BCUT2D eigenvalue weighted by molar-refractivity contribution is 5.85. The average Bonchev–Trinajstić information content (AvgIpc) is 2.29. The van der Waals surface area contributed by atoms with Crippen LogP contribution in [0.3, 0.4) is 0 Å². The number of amides is 1. The first kappa shape index (κ1) is 12.9. The van der Waals surface area contributed by atoms with Gasteiger partial charge in [-0.05, 0) is 19.4 Å². The fraction of sp³-hybridized carbons (Fsp3) is 0.800. The molecule has 0 spiro atoms. The van der Waals surface area contributed by atoms with Crippen LogP contribution >= 0.6 is 0 Å². The van der Waals surface area contributed by atoms with Crippen molar-refractivity contribution < 1.29 is 19.8 Å². The van der Waals surface area contributed by atoms with Crippen molar-refractivity contribution in [2.24, 2.45) is 5.92 Å². The van der Waals surface area contributed by atoms with E-state index < -0.39 is 12.0 Å². The molecule has 6 nitrogen and oxygen atoms in total. The van der Waals surface area contributed by atoms with Gasteiger partial charge in [-0.15, -0.1) is 0 Å². The largest absolute Gasteiger partial charge is 0.480 e. The summed E-state index contributed by atoms with van der Waals surface area (Å²) in [5.41, 5.74) is 0. The van der Waals surface area contributed by atoms with Crippen LogP contribution in [0.15, 0.2) is 0 Å². The Bertz CT molecular complexity index is 251. The van der Waals surface area contributed by atoms with E-state index in [-0.39, 0.29) is 24.9 Å². The second-order valence-electron chi connectivity index (χ2n) is 3.95. The number of aliphatic carboxylic acids is 1. The number of carbonyl (C=O) groups excluding carboxylic acids is 1. The molecule has 0 aromatic rings. The number of aliphatic hydroxyl groups is 1. The molecule has 0 bridgehead atoms. The predicted molar refractivity (Wildman–Crippen MR) is 56.9 cm³/mol. The minimum absolute atomic E-state index is 0.0429. The Morgan fingerprint density at radius 3 is 2.75 bits per heavy atom. The van der Waals surface area contributed by atoms with E-state index in [9.17, 15) is 9.59 Å². The van der Waals surface area contributed by atoms with Crippen molar-refractivity contribution in [2.45, 2.75) is 25.3 Å². The Hall–Kier alpha value is -1.14. The predicted octanol–water partition coefficient (Wildman–Crippen LogP) is -1.06. The molecular weight excluding hydrogens is 212 g/mol.